The first-order valence-electron chi connectivity index (χ1n) is 17.1. The smallest absolute Gasteiger partial charge is 0.303 e. The van der Waals surface area contributed by atoms with Crippen LogP contribution in [0.25, 0.3) is 0 Å². The molecule has 5 nitrogen and oxygen atoms in total. The highest BCUT2D eigenvalue weighted by atomic mass is 16.5. The topological polar surface area (TPSA) is 87.0 Å². The molecule has 0 aromatic heterocycles. The molecular weight excluding hydrogens is 536 g/mol. The second-order valence-corrected chi connectivity index (χ2v) is 16.7. The van der Waals surface area contributed by atoms with Gasteiger partial charge in [-0.05, 0) is 108 Å². The van der Waals surface area contributed by atoms with Crippen LogP contribution >= 0.6 is 0 Å². The Bertz CT molecular complexity index is 1240. The third-order valence-corrected chi connectivity index (χ3v) is 15.0. The summed E-state index contributed by atoms with van der Waals surface area (Å²) in [6.45, 7) is 14.8. The molecule has 0 aliphatic heterocycles. The van der Waals surface area contributed by atoms with Gasteiger partial charge in [-0.25, -0.2) is 0 Å². The van der Waals surface area contributed by atoms with Crippen LogP contribution in [0.1, 0.15) is 105 Å². The molecule has 4 saturated carbocycles. The molecule has 2 unspecified atom stereocenters. The number of carboxylic acid groups (broad SMARTS) is 1. The number of benzene rings is 1. The maximum absolute atomic E-state index is 12.3. The zero-order chi connectivity index (χ0) is 31.0. The van der Waals surface area contributed by atoms with Crippen LogP contribution in [0.5, 0.6) is 0 Å². The van der Waals surface area contributed by atoms with Crippen molar-refractivity contribution in [3.63, 3.8) is 0 Å². The minimum Gasteiger partial charge on any atom is -0.481 e. The summed E-state index contributed by atoms with van der Waals surface area (Å²) in [4.78, 5) is 12.3. The second-order valence-electron chi connectivity index (χ2n) is 16.7. The first-order valence-corrected chi connectivity index (χ1v) is 17.1. The summed E-state index contributed by atoms with van der Waals surface area (Å²) in [5, 5.41) is 32.7. The quantitative estimate of drug-likeness (QED) is 0.296. The Morgan fingerprint density at radius 1 is 0.977 bits per heavy atom. The van der Waals surface area contributed by atoms with E-state index in [0.717, 1.165) is 56.9 Å². The molecule has 5 heteroatoms. The van der Waals surface area contributed by atoms with Gasteiger partial charge in [-0.15, -0.1) is 0 Å². The summed E-state index contributed by atoms with van der Waals surface area (Å²) in [6, 6.07) is 10.2. The molecule has 0 saturated heterocycles. The largest absolute Gasteiger partial charge is 0.481 e. The van der Waals surface area contributed by atoms with Crippen molar-refractivity contribution in [1.29, 1.82) is 0 Å². The van der Waals surface area contributed by atoms with Gasteiger partial charge in [-0.2, -0.15) is 0 Å². The number of rotatable bonds is 6. The number of aliphatic hydroxyl groups is 2. The fourth-order valence-corrected chi connectivity index (χ4v) is 12.3. The third kappa shape index (κ3) is 4.45. The average Bonchev–Trinajstić information content (AvgIpc) is 2.97. The van der Waals surface area contributed by atoms with Gasteiger partial charge >= 0.3 is 5.97 Å². The molecule has 3 N–H and O–H groups in total. The van der Waals surface area contributed by atoms with Crippen LogP contribution in [0.4, 0.5) is 0 Å². The van der Waals surface area contributed by atoms with E-state index in [9.17, 15) is 20.1 Å². The lowest BCUT2D eigenvalue weighted by Crippen LogP contribution is -2.68. The van der Waals surface area contributed by atoms with E-state index in [1.54, 1.807) is 5.57 Å². The molecule has 0 radical (unpaired) electrons. The minimum absolute atomic E-state index is 0.00790. The summed E-state index contributed by atoms with van der Waals surface area (Å²) >= 11 is 0. The summed E-state index contributed by atoms with van der Waals surface area (Å²) in [7, 11) is 0. The maximum Gasteiger partial charge on any atom is 0.303 e. The zero-order valence-electron chi connectivity index (χ0n) is 27.4. The van der Waals surface area contributed by atoms with Crippen LogP contribution in [-0.2, 0) is 16.1 Å². The van der Waals surface area contributed by atoms with Crippen LogP contribution in [0.2, 0.25) is 0 Å². The number of aliphatic carboxylic acids is 1. The molecule has 0 spiro atoms. The van der Waals surface area contributed by atoms with E-state index >= 15 is 0 Å². The van der Waals surface area contributed by atoms with Crippen molar-refractivity contribution in [3.05, 3.63) is 47.5 Å². The predicted molar refractivity (Wildman–Crippen MR) is 169 cm³/mol. The number of carbonyl (C=O) groups is 1. The Kier molecular flexibility index (Phi) is 7.79. The van der Waals surface area contributed by atoms with E-state index in [1.165, 1.54) is 0 Å². The molecule has 0 heterocycles. The molecule has 4 fully saturated rings. The number of carboxylic acids is 1. The molecule has 0 amide bonds. The molecule has 43 heavy (non-hydrogen) atoms. The summed E-state index contributed by atoms with van der Waals surface area (Å²) in [5.41, 5.74) is 1.87. The highest BCUT2D eigenvalue weighted by Crippen LogP contribution is 2.76. The van der Waals surface area contributed by atoms with Crippen LogP contribution in [0.15, 0.2) is 42.0 Å². The Morgan fingerprint density at radius 2 is 1.70 bits per heavy atom. The standard InChI is InChI=1S/C38H56O5/c1-24-14-17-38(21-31(40)41)19-18-36(5)27(32(38)25(24)2)12-13-30-34(3)20-28(43-22-26-10-8-7-9-11-26)33(42)35(4,23-39)29(34)15-16-37(30,36)6/h7-12,24-25,28-30,32-33,39,42H,13-23H2,1-6H3,(H,40,41)/t24-,25+,28?,29-,30-,32+,33?,34+,35+,36-,37-,38-/m1/s1. The Labute approximate surface area is 259 Å². The van der Waals surface area contributed by atoms with Gasteiger partial charge in [-0.3, -0.25) is 4.79 Å². The lowest BCUT2D eigenvalue weighted by Gasteiger charge is -2.72. The number of hydrogen-bond acceptors (Lipinski definition) is 4. The van der Waals surface area contributed by atoms with Crippen molar-refractivity contribution in [2.75, 3.05) is 6.61 Å². The molecular formula is C38H56O5. The zero-order valence-corrected chi connectivity index (χ0v) is 27.4. The van der Waals surface area contributed by atoms with Gasteiger partial charge in [0.2, 0.25) is 0 Å². The van der Waals surface area contributed by atoms with E-state index in [4.69, 9.17) is 4.74 Å². The minimum atomic E-state index is -0.718. The highest BCUT2D eigenvalue weighted by Gasteiger charge is 2.70. The second kappa shape index (κ2) is 10.7. The van der Waals surface area contributed by atoms with Gasteiger partial charge < -0.3 is 20.1 Å². The summed E-state index contributed by atoms with van der Waals surface area (Å²) in [5.74, 6) is 1.36. The normalized spacial score (nSPS) is 49.1. The number of fused-ring (bicyclic) bond motifs is 7. The number of aliphatic hydroxyl groups excluding tert-OH is 2. The lowest BCUT2D eigenvalue weighted by atomic mass is 9.33. The van der Waals surface area contributed by atoms with Crippen LogP contribution < -0.4 is 0 Å². The van der Waals surface area contributed by atoms with E-state index < -0.39 is 17.5 Å². The molecule has 6 rings (SSSR count). The fraction of sp³-hybridized carbons (Fsp3) is 0.763. The van der Waals surface area contributed by atoms with E-state index in [0.29, 0.717) is 30.3 Å². The van der Waals surface area contributed by atoms with Crippen molar-refractivity contribution in [3.8, 4) is 0 Å². The number of ether oxygens (including phenoxy) is 1. The van der Waals surface area contributed by atoms with Crippen LogP contribution in [0.3, 0.4) is 0 Å². The molecule has 0 bridgehead atoms. The van der Waals surface area contributed by atoms with Crippen molar-refractivity contribution in [2.45, 2.75) is 118 Å². The van der Waals surface area contributed by atoms with E-state index in [2.05, 4.69) is 59.8 Å². The van der Waals surface area contributed by atoms with E-state index in [-0.39, 0.29) is 46.7 Å². The third-order valence-electron chi connectivity index (χ3n) is 15.0. The van der Waals surface area contributed by atoms with Crippen molar-refractivity contribution < 1.29 is 24.9 Å². The molecule has 5 aliphatic rings. The van der Waals surface area contributed by atoms with Crippen LogP contribution in [0, 0.1) is 56.7 Å². The monoisotopic (exact) mass is 592 g/mol. The van der Waals surface area contributed by atoms with Crippen molar-refractivity contribution in [2.24, 2.45) is 56.7 Å². The maximum atomic E-state index is 12.3. The highest BCUT2D eigenvalue weighted by molar-refractivity contribution is 5.68. The van der Waals surface area contributed by atoms with Gasteiger partial charge in [0.25, 0.3) is 0 Å². The Hall–Kier alpha value is -1.69. The first-order chi connectivity index (χ1) is 20.3. The fourth-order valence-electron chi connectivity index (χ4n) is 12.3. The van der Waals surface area contributed by atoms with Gasteiger partial charge in [0.05, 0.1) is 31.8 Å². The average molecular weight is 593 g/mol. The Balaban J connectivity index is 1.39. The van der Waals surface area contributed by atoms with Gasteiger partial charge in [-0.1, -0.05) is 83.5 Å². The van der Waals surface area contributed by atoms with Crippen molar-refractivity contribution >= 4 is 5.97 Å². The Morgan fingerprint density at radius 3 is 2.37 bits per heavy atom. The SMILES string of the molecule is C[C@H]1[C@H](C)CC[C@]2(CC(=O)O)CC[C@]3(C)C(=CC[C@@H]4[C@@]5(C)CC(OCc6ccccc6)C(O)[C@@](C)(CO)[C@@H]5CC[C@]43C)[C@H]12. The number of allylic oxidation sites excluding steroid dienone is 2. The molecule has 5 aliphatic carbocycles. The predicted octanol–water partition coefficient (Wildman–Crippen LogP) is 7.65. The van der Waals surface area contributed by atoms with Gasteiger partial charge in [0, 0.05) is 5.41 Å². The molecule has 1 aromatic rings. The van der Waals surface area contributed by atoms with E-state index in [1.807, 2.05) is 18.2 Å². The van der Waals surface area contributed by atoms with Gasteiger partial charge in [0.1, 0.15) is 0 Å². The molecule has 238 valence electrons. The first kappa shape index (κ1) is 31.3. The summed E-state index contributed by atoms with van der Waals surface area (Å²) < 4.78 is 6.55. The van der Waals surface area contributed by atoms with Crippen molar-refractivity contribution in [1.82, 2.24) is 0 Å². The molecule has 1 aromatic carbocycles. The summed E-state index contributed by atoms with van der Waals surface area (Å²) in [6.07, 6.45) is 9.84. The molecule has 12 atom stereocenters. The van der Waals surface area contributed by atoms with Gasteiger partial charge in [0.15, 0.2) is 0 Å². The van der Waals surface area contributed by atoms with Crippen LogP contribution in [-0.4, -0.2) is 40.1 Å². The number of hydrogen-bond donors (Lipinski definition) is 3. The lowest BCUT2D eigenvalue weighted by molar-refractivity contribution is -0.253.